The Morgan fingerprint density at radius 2 is 1.81 bits per heavy atom. The minimum atomic E-state index is -0.813. The van der Waals surface area contributed by atoms with E-state index in [1.165, 1.54) is 6.21 Å². The Labute approximate surface area is 158 Å². The number of amides is 3. The maximum absolute atomic E-state index is 11.9. The summed E-state index contributed by atoms with van der Waals surface area (Å²) < 4.78 is 5.50. The summed E-state index contributed by atoms with van der Waals surface area (Å²) in [5.41, 5.74) is 2.90. The van der Waals surface area contributed by atoms with E-state index in [2.05, 4.69) is 15.8 Å². The number of hydrogen-bond acceptors (Lipinski definition) is 5. The summed E-state index contributed by atoms with van der Waals surface area (Å²) in [7, 11) is 0. The molecule has 1 aromatic rings. The first-order chi connectivity index (χ1) is 13.0. The summed E-state index contributed by atoms with van der Waals surface area (Å²) in [6, 6.07) is 6.92. The van der Waals surface area contributed by atoms with Crippen molar-refractivity contribution in [2.24, 2.45) is 11.0 Å². The van der Waals surface area contributed by atoms with Gasteiger partial charge >= 0.3 is 11.8 Å². The molecule has 0 aliphatic carbocycles. The molecule has 146 valence electrons. The summed E-state index contributed by atoms with van der Waals surface area (Å²) in [5, 5.41) is 6.27. The van der Waals surface area contributed by atoms with Gasteiger partial charge < -0.3 is 15.0 Å². The summed E-state index contributed by atoms with van der Waals surface area (Å²) in [6.45, 7) is 5.93. The van der Waals surface area contributed by atoms with Gasteiger partial charge in [-0.2, -0.15) is 5.10 Å². The van der Waals surface area contributed by atoms with Gasteiger partial charge in [0.15, 0.2) is 6.61 Å². The molecule has 1 saturated heterocycles. The van der Waals surface area contributed by atoms with Gasteiger partial charge in [0.25, 0.3) is 5.91 Å². The number of likely N-dealkylation sites (tertiary alicyclic amines) is 1. The van der Waals surface area contributed by atoms with E-state index in [9.17, 15) is 14.4 Å². The zero-order chi connectivity index (χ0) is 19.6. The van der Waals surface area contributed by atoms with Crippen molar-refractivity contribution in [2.45, 2.75) is 26.7 Å². The Hall–Kier alpha value is -2.90. The van der Waals surface area contributed by atoms with Crippen molar-refractivity contribution in [3.63, 3.8) is 0 Å². The molecule has 0 saturated carbocycles. The van der Waals surface area contributed by atoms with E-state index in [4.69, 9.17) is 4.74 Å². The van der Waals surface area contributed by atoms with E-state index in [1.807, 2.05) is 13.8 Å². The Balaban J connectivity index is 1.74. The molecule has 8 heteroatoms. The van der Waals surface area contributed by atoms with E-state index in [0.29, 0.717) is 12.3 Å². The quantitative estimate of drug-likeness (QED) is 0.421. The van der Waals surface area contributed by atoms with E-state index >= 15 is 0 Å². The molecule has 2 N–H and O–H groups in total. The van der Waals surface area contributed by atoms with Crippen molar-refractivity contribution in [3.8, 4) is 5.75 Å². The zero-order valence-electron chi connectivity index (χ0n) is 15.7. The lowest BCUT2D eigenvalue weighted by Gasteiger charge is -2.15. The molecule has 1 heterocycles. The average Bonchev–Trinajstić information content (AvgIpc) is 3.20. The number of rotatable bonds is 7. The molecule has 0 radical (unpaired) electrons. The number of carbonyl (C=O) groups is 3. The van der Waals surface area contributed by atoms with Gasteiger partial charge in [-0.3, -0.25) is 14.4 Å². The first-order valence-electron chi connectivity index (χ1n) is 9.07. The lowest BCUT2D eigenvalue weighted by molar-refractivity contribution is -0.139. The predicted molar refractivity (Wildman–Crippen MR) is 101 cm³/mol. The summed E-state index contributed by atoms with van der Waals surface area (Å²) in [5.74, 6) is -0.690. The van der Waals surface area contributed by atoms with Gasteiger partial charge in [-0.25, -0.2) is 5.43 Å². The van der Waals surface area contributed by atoms with Crippen LogP contribution in [0.4, 0.5) is 0 Å². The third kappa shape index (κ3) is 7.08. The highest BCUT2D eigenvalue weighted by Crippen LogP contribution is 2.12. The molecule has 0 atom stereocenters. The average molecular weight is 374 g/mol. The number of ether oxygens (including phenoxy) is 1. The summed E-state index contributed by atoms with van der Waals surface area (Å²) >= 11 is 0. The van der Waals surface area contributed by atoms with Crippen LogP contribution in [0.2, 0.25) is 0 Å². The molecule has 1 fully saturated rings. The van der Waals surface area contributed by atoms with Crippen molar-refractivity contribution < 1.29 is 19.1 Å². The molecule has 8 nitrogen and oxygen atoms in total. The molecule has 1 aliphatic heterocycles. The third-order valence-corrected chi connectivity index (χ3v) is 3.96. The van der Waals surface area contributed by atoms with Crippen LogP contribution in [-0.2, 0) is 14.4 Å². The van der Waals surface area contributed by atoms with Crippen molar-refractivity contribution in [1.29, 1.82) is 0 Å². The second kappa shape index (κ2) is 10.3. The maximum Gasteiger partial charge on any atom is 0.329 e. The smallest absolute Gasteiger partial charge is 0.329 e. The SMILES string of the molecule is CC(C)CNC(=O)C(=O)NN=Cc1ccc(OCC(=O)N2CCCC2)cc1. The molecular formula is C19H26N4O4. The molecule has 0 bridgehead atoms. The second-order valence-electron chi connectivity index (χ2n) is 6.75. The fraction of sp³-hybridized carbons (Fsp3) is 0.474. The Morgan fingerprint density at radius 1 is 1.15 bits per heavy atom. The van der Waals surface area contributed by atoms with Gasteiger partial charge in [0.1, 0.15) is 5.75 Å². The van der Waals surface area contributed by atoms with Crippen LogP contribution >= 0.6 is 0 Å². The lowest BCUT2D eigenvalue weighted by atomic mass is 10.2. The lowest BCUT2D eigenvalue weighted by Crippen LogP contribution is -2.39. The van der Waals surface area contributed by atoms with Crippen LogP contribution in [-0.4, -0.2) is 55.1 Å². The number of benzene rings is 1. The molecular weight excluding hydrogens is 348 g/mol. The number of hydrazone groups is 1. The van der Waals surface area contributed by atoms with Gasteiger partial charge in [-0.05, 0) is 48.6 Å². The zero-order valence-corrected chi connectivity index (χ0v) is 15.7. The van der Waals surface area contributed by atoms with Gasteiger partial charge in [0, 0.05) is 19.6 Å². The summed E-state index contributed by atoms with van der Waals surface area (Å²) in [6.07, 6.45) is 3.53. The molecule has 0 spiro atoms. The molecule has 27 heavy (non-hydrogen) atoms. The highest BCUT2D eigenvalue weighted by atomic mass is 16.5. The highest BCUT2D eigenvalue weighted by Gasteiger charge is 2.18. The predicted octanol–water partition coefficient (Wildman–Crippen LogP) is 0.910. The van der Waals surface area contributed by atoms with Crippen LogP contribution in [0.15, 0.2) is 29.4 Å². The van der Waals surface area contributed by atoms with Crippen molar-refractivity contribution in [1.82, 2.24) is 15.6 Å². The minimum Gasteiger partial charge on any atom is -0.484 e. The number of nitrogens with one attached hydrogen (secondary N) is 2. The largest absolute Gasteiger partial charge is 0.484 e. The molecule has 2 rings (SSSR count). The normalized spacial score (nSPS) is 13.8. The van der Waals surface area contributed by atoms with Gasteiger partial charge in [-0.15, -0.1) is 0 Å². The van der Waals surface area contributed by atoms with Crippen molar-refractivity contribution in [2.75, 3.05) is 26.2 Å². The van der Waals surface area contributed by atoms with E-state index < -0.39 is 11.8 Å². The van der Waals surface area contributed by atoms with Crippen LogP contribution in [0, 0.1) is 5.92 Å². The first kappa shape index (κ1) is 20.4. The minimum absolute atomic E-state index is 0.00315. The summed E-state index contributed by atoms with van der Waals surface area (Å²) in [4.78, 5) is 36.8. The Morgan fingerprint density at radius 3 is 2.44 bits per heavy atom. The standard InChI is InChI=1S/C19H26N4O4/c1-14(2)11-20-18(25)19(26)22-21-12-15-5-7-16(8-6-15)27-13-17(24)23-9-3-4-10-23/h5-8,12,14H,3-4,9-11,13H2,1-2H3,(H,20,25)(H,22,26). The van der Waals surface area contributed by atoms with E-state index in [-0.39, 0.29) is 18.4 Å². The Kier molecular flexibility index (Phi) is 7.79. The monoisotopic (exact) mass is 374 g/mol. The number of nitrogens with zero attached hydrogens (tertiary/aromatic N) is 2. The molecule has 0 unspecified atom stereocenters. The Bertz CT molecular complexity index is 679. The van der Waals surface area contributed by atoms with Crippen LogP contribution in [0.3, 0.4) is 0 Å². The first-order valence-corrected chi connectivity index (χ1v) is 9.07. The fourth-order valence-electron chi connectivity index (χ4n) is 2.45. The van der Waals surface area contributed by atoms with Gasteiger partial charge in [0.05, 0.1) is 6.21 Å². The molecule has 1 aliphatic rings. The third-order valence-electron chi connectivity index (χ3n) is 3.96. The van der Waals surface area contributed by atoms with Gasteiger partial charge in [-0.1, -0.05) is 13.8 Å². The van der Waals surface area contributed by atoms with Crippen molar-refractivity contribution >= 4 is 23.9 Å². The van der Waals surface area contributed by atoms with Crippen molar-refractivity contribution in [3.05, 3.63) is 29.8 Å². The van der Waals surface area contributed by atoms with Gasteiger partial charge in [0.2, 0.25) is 0 Å². The van der Waals surface area contributed by atoms with Crippen LogP contribution < -0.4 is 15.5 Å². The number of carbonyl (C=O) groups excluding carboxylic acids is 3. The number of hydrogen-bond donors (Lipinski definition) is 2. The van der Waals surface area contributed by atoms with E-state index in [0.717, 1.165) is 31.5 Å². The molecule has 3 amide bonds. The molecule has 0 aromatic heterocycles. The van der Waals surface area contributed by atoms with Crippen LogP contribution in [0.1, 0.15) is 32.3 Å². The van der Waals surface area contributed by atoms with Crippen LogP contribution in [0.5, 0.6) is 5.75 Å². The van der Waals surface area contributed by atoms with Crippen LogP contribution in [0.25, 0.3) is 0 Å². The highest BCUT2D eigenvalue weighted by molar-refractivity contribution is 6.35. The second-order valence-corrected chi connectivity index (χ2v) is 6.75. The maximum atomic E-state index is 11.9. The van der Waals surface area contributed by atoms with E-state index in [1.54, 1.807) is 29.2 Å². The topological polar surface area (TPSA) is 100 Å². The fourth-order valence-corrected chi connectivity index (χ4v) is 2.45. The molecule has 1 aromatic carbocycles.